The monoisotopic (exact) mass is 338 g/mol. The average Bonchev–Trinajstić information content (AvgIpc) is 2.88. The van der Waals surface area contributed by atoms with Gasteiger partial charge in [0.15, 0.2) is 0 Å². The van der Waals surface area contributed by atoms with Crippen molar-refractivity contribution in [2.75, 3.05) is 6.54 Å². The molecule has 0 aliphatic heterocycles. The number of halogens is 1. The van der Waals surface area contributed by atoms with Gasteiger partial charge in [-0.1, -0.05) is 35.0 Å². The number of hydrogen-bond acceptors (Lipinski definition) is 4. The summed E-state index contributed by atoms with van der Waals surface area (Å²) in [5.74, 6) is 0.357. The normalized spacial score (nSPS) is 12.3. The molecule has 1 aromatic heterocycles. The van der Waals surface area contributed by atoms with E-state index in [2.05, 4.69) is 21.2 Å². The van der Waals surface area contributed by atoms with Crippen LogP contribution in [-0.4, -0.2) is 11.5 Å². The highest BCUT2D eigenvalue weighted by atomic mass is 79.9. The highest BCUT2D eigenvalue weighted by Crippen LogP contribution is 2.25. The van der Waals surface area contributed by atoms with Crippen LogP contribution in [-0.2, 0) is 6.42 Å². The Kier molecular flexibility index (Phi) is 4.92. The molecule has 1 aromatic carbocycles. The highest BCUT2D eigenvalue weighted by Gasteiger charge is 2.19. The fraction of sp³-hybridized carbons (Fsp3) is 0.286. The smallest absolute Gasteiger partial charge is 0.404 e. The first-order valence-electron chi connectivity index (χ1n) is 6.32. The Bertz CT molecular complexity index is 598. The van der Waals surface area contributed by atoms with Crippen molar-refractivity contribution < 1.29 is 9.34 Å². The Morgan fingerprint density at radius 2 is 2.20 bits per heavy atom. The molecule has 0 bridgehead atoms. The lowest BCUT2D eigenvalue weighted by Gasteiger charge is -2.15. The molecule has 0 saturated carbocycles. The van der Waals surface area contributed by atoms with Crippen LogP contribution >= 0.6 is 15.9 Å². The summed E-state index contributed by atoms with van der Waals surface area (Å²) in [6.07, 6.45) is 0.706. The fourth-order valence-electron chi connectivity index (χ4n) is 2.05. The third-order valence-electron chi connectivity index (χ3n) is 2.92. The number of nitrogens with one attached hydrogen (secondary N) is 1. The topological polar surface area (TPSA) is 68.3 Å². The SMILES string of the molecule is CCNC(Cc1cccc(Br)c1)c1ccc([N+](=O)[O-])o1. The molecule has 1 N–H and O–H groups in total. The molecule has 2 rings (SSSR count). The van der Waals surface area contributed by atoms with Crippen LogP contribution in [0, 0.1) is 10.1 Å². The molecular formula is C14H15BrN2O3. The third-order valence-corrected chi connectivity index (χ3v) is 3.41. The molecule has 6 heteroatoms. The third kappa shape index (κ3) is 3.68. The van der Waals surface area contributed by atoms with Crippen molar-refractivity contribution in [3.63, 3.8) is 0 Å². The van der Waals surface area contributed by atoms with E-state index in [1.54, 1.807) is 6.07 Å². The van der Waals surface area contributed by atoms with Gasteiger partial charge in [0, 0.05) is 4.47 Å². The van der Waals surface area contributed by atoms with Crippen LogP contribution in [0.2, 0.25) is 0 Å². The van der Waals surface area contributed by atoms with Gasteiger partial charge in [-0.2, -0.15) is 0 Å². The van der Waals surface area contributed by atoms with Crippen molar-refractivity contribution in [3.8, 4) is 0 Å². The summed E-state index contributed by atoms with van der Waals surface area (Å²) in [7, 11) is 0. The van der Waals surface area contributed by atoms with E-state index < -0.39 is 4.92 Å². The molecule has 1 atom stereocenters. The van der Waals surface area contributed by atoms with Crippen molar-refractivity contribution in [1.82, 2.24) is 5.32 Å². The summed E-state index contributed by atoms with van der Waals surface area (Å²) in [4.78, 5) is 10.2. The molecule has 0 aliphatic rings. The van der Waals surface area contributed by atoms with E-state index >= 15 is 0 Å². The number of furan rings is 1. The molecule has 1 heterocycles. The Labute approximate surface area is 125 Å². The minimum absolute atomic E-state index is 0.0806. The Morgan fingerprint density at radius 1 is 1.40 bits per heavy atom. The van der Waals surface area contributed by atoms with Gasteiger partial charge in [0.05, 0.1) is 12.1 Å². The van der Waals surface area contributed by atoms with Gasteiger partial charge >= 0.3 is 5.88 Å². The Hall–Kier alpha value is -1.66. The van der Waals surface area contributed by atoms with E-state index in [-0.39, 0.29) is 11.9 Å². The Morgan fingerprint density at radius 3 is 2.80 bits per heavy atom. The number of nitro groups is 1. The van der Waals surface area contributed by atoms with E-state index in [1.807, 2.05) is 31.2 Å². The van der Waals surface area contributed by atoms with Gasteiger partial charge in [-0.15, -0.1) is 0 Å². The van der Waals surface area contributed by atoms with Crippen molar-refractivity contribution in [1.29, 1.82) is 0 Å². The molecule has 0 spiro atoms. The highest BCUT2D eigenvalue weighted by molar-refractivity contribution is 9.10. The number of benzene rings is 1. The molecule has 20 heavy (non-hydrogen) atoms. The van der Waals surface area contributed by atoms with Crippen molar-refractivity contribution in [2.45, 2.75) is 19.4 Å². The summed E-state index contributed by atoms with van der Waals surface area (Å²) < 4.78 is 6.30. The van der Waals surface area contributed by atoms with E-state index in [4.69, 9.17) is 4.42 Å². The lowest BCUT2D eigenvalue weighted by Crippen LogP contribution is -2.22. The van der Waals surface area contributed by atoms with Crippen LogP contribution in [0.15, 0.2) is 45.3 Å². The van der Waals surface area contributed by atoms with Gasteiger partial charge in [-0.3, -0.25) is 10.1 Å². The molecule has 1 unspecified atom stereocenters. The zero-order valence-corrected chi connectivity index (χ0v) is 12.6. The van der Waals surface area contributed by atoms with Gasteiger partial charge in [0.1, 0.15) is 10.7 Å². The van der Waals surface area contributed by atoms with Gasteiger partial charge in [0.25, 0.3) is 0 Å². The van der Waals surface area contributed by atoms with Crippen LogP contribution in [0.1, 0.15) is 24.3 Å². The average molecular weight is 339 g/mol. The first-order chi connectivity index (χ1) is 9.60. The van der Waals surface area contributed by atoms with Crippen LogP contribution in [0.25, 0.3) is 0 Å². The van der Waals surface area contributed by atoms with Crippen molar-refractivity contribution in [3.05, 3.63) is 62.3 Å². The van der Waals surface area contributed by atoms with E-state index in [9.17, 15) is 10.1 Å². The molecule has 0 aliphatic carbocycles. The predicted molar refractivity (Wildman–Crippen MR) is 79.6 cm³/mol. The minimum Gasteiger partial charge on any atom is -0.404 e. The first kappa shape index (κ1) is 14.7. The predicted octanol–water partition coefficient (Wildman–Crippen LogP) is 3.84. The maximum atomic E-state index is 10.7. The van der Waals surface area contributed by atoms with Gasteiger partial charge in [-0.05, 0) is 36.7 Å². The molecule has 106 valence electrons. The first-order valence-corrected chi connectivity index (χ1v) is 7.11. The zero-order valence-electron chi connectivity index (χ0n) is 11.0. The molecule has 0 amide bonds. The van der Waals surface area contributed by atoms with E-state index in [0.717, 1.165) is 16.6 Å². The number of nitrogens with zero attached hydrogens (tertiary/aromatic N) is 1. The van der Waals surface area contributed by atoms with Crippen LogP contribution < -0.4 is 5.32 Å². The van der Waals surface area contributed by atoms with Crippen LogP contribution in [0.3, 0.4) is 0 Å². The summed E-state index contributed by atoms with van der Waals surface area (Å²) in [6.45, 7) is 2.75. The van der Waals surface area contributed by atoms with Gasteiger partial charge in [0.2, 0.25) is 0 Å². The quantitative estimate of drug-likeness (QED) is 0.641. The molecular weight excluding hydrogens is 324 g/mol. The molecule has 0 radical (unpaired) electrons. The van der Waals surface area contributed by atoms with E-state index in [0.29, 0.717) is 12.2 Å². The molecule has 0 fully saturated rings. The zero-order chi connectivity index (χ0) is 14.5. The van der Waals surface area contributed by atoms with Gasteiger partial charge < -0.3 is 9.73 Å². The molecule has 0 saturated heterocycles. The molecule has 5 nitrogen and oxygen atoms in total. The minimum atomic E-state index is -0.522. The number of likely N-dealkylation sites (N-methyl/N-ethyl adjacent to an activating group) is 1. The number of hydrogen-bond donors (Lipinski definition) is 1. The maximum absolute atomic E-state index is 10.7. The standard InChI is InChI=1S/C14H15BrN2O3/c1-2-16-12(9-10-4-3-5-11(15)8-10)13-6-7-14(20-13)17(18)19/h3-8,12,16H,2,9H2,1H3. The summed E-state index contributed by atoms with van der Waals surface area (Å²) in [5.41, 5.74) is 1.13. The largest absolute Gasteiger partial charge is 0.433 e. The fourth-order valence-corrected chi connectivity index (χ4v) is 2.49. The van der Waals surface area contributed by atoms with Crippen molar-refractivity contribution >= 4 is 21.8 Å². The summed E-state index contributed by atoms with van der Waals surface area (Å²) in [6, 6.07) is 10.9. The van der Waals surface area contributed by atoms with Gasteiger partial charge in [-0.25, -0.2) is 0 Å². The second-order valence-electron chi connectivity index (χ2n) is 4.38. The molecule has 2 aromatic rings. The van der Waals surface area contributed by atoms with E-state index in [1.165, 1.54) is 6.07 Å². The number of rotatable bonds is 6. The second-order valence-corrected chi connectivity index (χ2v) is 5.29. The maximum Gasteiger partial charge on any atom is 0.433 e. The Balaban J connectivity index is 2.19. The van der Waals surface area contributed by atoms with Crippen LogP contribution in [0.4, 0.5) is 5.88 Å². The summed E-state index contributed by atoms with van der Waals surface area (Å²) >= 11 is 3.44. The van der Waals surface area contributed by atoms with Crippen LogP contribution in [0.5, 0.6) is 0 Å². The lowest BCUT2D eigenvalue weighted by atomic mass is 10.0. The van der Waals surface area contributed by atoms with Crippen molar-refractivity contribution in [2.24, 2.45) is 0 Å². The second kappa shape index (κ2) is 6.67. The summed E-state index contributed by atoms with van der Waals surface area (Å²) in [5, 5.41) is 14.0. The lowest BCUT2D eigenvalue weighted by molar-refractivity contribution is -0.402.